The summed E-state index contributed by atoms with van der Waals surface area (Å²) in [6.07, 6.45) is -0.232. The van der Waals surface area contributed by atoms with Crippen molar-refractivity contribution in [3.05, 3.63) is 29.3 Å². The highest BCUT2D eigenvalue weighted by Crippen LogP contribution is 2.21. The first-order chi connectivity index (χ1) is 7.95. The van der Waals surface area contributed by atoms with E-state index in [1.807, 2.05) is 6.92 Å². The van der Waals surface area contributed by atoms with Gasteiger partial charge in [-0.2, -0.15) is 0 Å². The number of rotatable bonds is 5. The Morgan fingerprint density at radius 1 is 1.47 bits per heavy atom. The molecule has 1 atom stereocenters. The van der Waals surface area contributed by atoms with Crippen molar-refractivity contribution < 1.29 is 19.4 Å². The predicted molar refractivity (Wildman–Crippen MR) is 67.0 cm³/mol. The maximum Gasteiger partial charge on any atom is 0.304 e. The number of methoxy groups -OCH3 is 1. The van der Waals surface area contributed by atoms with E-state index in [4.69, 9.17) is 9.84 Å². The van der Waals surface area contributed by atoms with Crippen molar-refractivity contribution in [2.45, 2.75) is 18.2 Å². The highest BCUT2D eigenvalue weighted by Gasteiger charge is 2.20. The Labute approximate surface area is 108 Å². The number of ether oxygens (including phenoxy) is 1. The molecule has 0 saturated heterocycles. The molecule has 17 heavy (non-hydrogen) atoms. The van der Waals surface area contributed by atoms with Crippen molar-refractivity contribution in [1.29, 1.82) is 0 Å². The van der Waals surface area contributed by atoms with Crippen molar-refractivity contribution in [2.24, 2.45) is 0 Å². The Balaban J connectivity index is 2.89. The topological polar surface area (TPSA) is 63.6 Å². The fraction of sp³-hybridized carbons (Fsp3) is 0.333. The Hall–Kier alpha value is -1.36. The van der Waals surface area contributed by atoms with Crippen LogP contribution in [0.3, 0.4) is 0 Å². The minimum absolute atomic E-state index is 0.232. The second-order valence-electron chi connectivity index (χ2n) is 3.61. The van der Waals surface area contributed by atoms with Gasteiger partial charge < -0.3 is 9.84 Å². The number of benzene rings is 1. The highest BCUT2D eigenvalue weighted by molar-refractivity contribution is 9.10. The average Bonchev–Trinajstić information content (AvgIpc) is 2.27. The molecule has 5 heteroatoms. The summed E-state index contributed by atoms with van der Waals surface area (Å²) in [5.74, 6) is -0.547. The van der Waals surface area contributed by atoms with Gasteiger partial charge in [-0.25, -0.2) is 0 Å². The van der Waals surface area contributed by atoms with Crippen LogP contribution in [0.15, 0.2) is 18.2 Å². The van der Waals surface area contributed by atoms with Crippen LogP contribution in [0.4, 0.5) is 0 Å². The number of carboxylic acids is 1. The number of carbonyl (C=O) groups excluding carboxylic acids is 1. The number of alkyl halides is 1. The van der Waals surface area contributed by atoms with E-state index in [1.165, 1.54) is 0 Å². The van der Waals surface area contributed by atoms with Gasteiger partial charge in [0.25, 0.3) is 0 Å². The normalized spacial score (nSPS) is 11.9. The van der Waals surface area contributed by atoms with Crippen molar-refractivity contribution in [1.82, 2.24) is 0 Å². The number of Topliss-reactive ketones (excluding diaryl/α,β-unsaturated/α-hetero) is 1. The van der Waals surface area contributed by atoms with Crippen LogP contribution in [0.1, 0.15) is 22.3 Å². The summed E-state index contributed by atoms with van der Waals surface area (Å²) in [4.78, 5) is 21.7. The van der Waals surface area contributed by atoms with Gasteiger partial charge in [-0.15, -0.1) is 0 Å². The zero-order valence-electron chi connectivity index (χ0n) is 9.57. The van der Waals surface area contributed by atoms with Crippen LogP contribution in [0.2, 0.25) is 0 Å². The Morgan fingerprint density at radius 3 is 2.59 bits per heavy atom. The molecule has 1 aromatic rings. The van der Waals surface area contributed by atoms with E-state index in [9.17, 15) is 9.59 Å². The predicted octanol–water partition coefficient (Wildman–Crippen LogP) is 2.42. The molecular formula is C12H13BrO4. The summed E-state index contributed by atoms with van der Waals surface area (Å²) in [5, 5.41) is 8.61. The van der Waals surface area contributed by atoms with Crippen LogP contribution in [0.25, 0.3) is 0 Å². The highest BCUT2D eigenvalue weighted by atomic mass is 79.9. The summed E-state index contributed by atoms with van der Waals surface area (Å²) >= 11 is 3.08. The summed E-state index contributed by atoms with van der Waals surface area (Å²) in [5.41, 5.74) is 1.32. The van der Waals surface area contributed by atoms with E-state index in [0.717, 1.165) is 5.56 Å². The SMILES string of the molecule is COc1ccc(C(=O)C(Br)CC(=O)O)cc1C. The van der Waals surface area contributed by atoms with Crippen LogP contribution in [-0.4, -0.2) is 28.8 Å². The molecule has 0 radical (unpaired) electrons. The van der Waals surface area contributed by atoms with Crippen LogP contribution in [-0.2, 0) is 4.79 Å². The average molecular weight is 301 g/mol. The molecule has 4 nitrogen and oxygen atoms in total. The van der Waals surface area contributed by atoms with Gasteiger partial charge in [0.1, 0.15) is 5.75 Å². The molecule has 1 rings (SSSR count). The van der Waals surface area contributed by atoms with E-state index >= 15 is 0 Å². The second kappa shape index (κ2) is 5.82. The van der Waals surface area contributed by atoms with Crippen LogP contribution < -0.4 is 4.74 Å². The number of ketones is 1. The Bertz CT molecular complexity index is 442. The van der Waals surface area contributed by atoms with Gasteiger partial charge in [0, 0.05) is 5.56 Å². The standard InChI is InChI=1S/C12H13BrO4/c1-7-5-8(3-4-10(7)17-2)12(16)9(13)6-11(14)15/h3-5,9H,6H2,1-2H3,(H,14,15). The number of carboxylic acid groups (broad SMARTS) is 1. The van der Waals surface area contributed by atoms with E-state index < -0.39 is 10.8 Å². The smallest absolute Gasteiger partial charge is 0.304 e. The summed E-state index contributed by atoms with van der Waals surface area (Å²) in [6.45, 7) is 1.83. The van der Waals surface area contributed by atoms with E-state index in [1.54, 1.807) is 25.3 Å². The molecule has 1 N–H and O–H groups in total. The molecule has 0 aliphatic heterocycles. The zero-order chi connectivity index (χ0) is 13.0. The number of halogens is 1. The van der Waals surface area contributed by atoms with E-state index in [-0.39, 0.29) is 12.2 Å². The Kier molecular flexibility index (Phi) is 4.69. The van der Waals surface area contributed by atoms with Crippen molar-refractivity contribution in [3.8, 4) is 5.75 Å². The maximum atomic E-state index is 11.9. The van der Waals surface area contributed by atoms with Gasteiger partial charge in [0.05, 0.1) is 18.4 Å². The largest absolute Gasteiger partial charge is 0.496 e. The first kappa shape index (κ1) is 13.7. The van der Waals surface area contributed by atoms with Gasteiger partial charge >= 0.3 is 5.97 Å². The molecule has 1 unspecified atom stereocenters. The van der Waals surface area contributed by atoms with Crippen molar-refractivity contribution >= 4 is 27.7 Å². The molecule has 0 aromatic heterocycles. The van der Waals surface area contributed by atoms with Crippen molar-refractivity contribution in [2.75, 3.05) is 7.11 Å². The lowest BCUT2D eigenvalue weighted by Crippen LogP contribution is -2.18. The Morgan fingerprint density at radius 2 is 2.12 bits per heavy atom. The molecule has 0 heterocycles. The number of carbonyl (C=O) groups is 2. The monoisotopic (exact) mass is 300 g/mol. The molecule has 0 aliphatic rings. The first-order valence-corrected chi connectivity index (χ1v) is 5.92. The third-order valence-electron chi connectivity index (χ3n) is 2.32. The molecule has 0 fully saturated rings. The minimum Gasteiger partial charge on any atom is -0.496 e. The van der Waals surface area contributed by atoms with Crippen molar-refractivity contribution in [3.63, 3.8) is 0 Å². The maximum absolute atomic E-state index is 11.9. The summed E-state index contributed by atoms with van der Waals surface area (Å²) in [6, 6.07) is 5.02. The summed E-state index contributed by atoms with van der Waals surface area (Å²) in [7, 11) is 1.56. The number of hydrogen-bond donors (Lipinski definition) is 1. The molecule has 0 aliphatic carbocycles. The van der Waals surface area contributed by atoms with E-state index in [2.05, 4.69) is 15.9 Å². The lowest BCUT2D eigenvalue weighted by molar-refractivity contribution is -0.136. The molecule has 1 aromatic carbocycles. The first-order valence-electron chi connectivity index (χ1n) is 5.00. The number of aliphatic carboxylic acids is 1. The molecule has 0 amide bonds. The molecule has 0 bridgehead atoms. The van der Waals surface area contributed by atoms with Gasteiger partial charge in [-0.3, -0.25) is 9.59 Å². The fourth-order valence-electron chi connectivity index (χ4n) is 1.46. The minimum atomic E-state index is -1.01. The molecule has 0 saturated carbocycles. The molecular weight excluding hydrogens is 288 g/mol. The fourth-order valence-corrected chi connectivity index (χ4v) is 2.00. The second-order valence-corrected chi connectivity index (χ2v) is 4.72. The molecule has 0 spiro atoms. The van der Waals surface area contributed by atoms with E-state index in [0.29, 0.717) is 11.3 Å². The lowest BCUT2D eigenvalue weighted by atomic mass is 10.0. The number of hydrogen-bond acceptors (Lipinski definition) is 3. The number of aryl methyl sites for hydroxylation is 1. The quantitative estimate of drug-likeness (QED) is 0.670. The zero-order valence-corrected chi connectivity index (χ0v) is 11.2. The molecule has 92 valence electrons. The third kappa shape index (κ3) is 3.56. The van der Waals surface area contributed by atoms with Crippen LogP contribution >= 0.6 is 15.9 Å². The van der Waals surface area contributed by atoms with Gasteiger partial charge in [0.15, 0.2) is 5.78 Å². The third-order valence-corrected chi connectivity index (χ3v) is 3.06. The van der Waals surface area contributed by atoms with Crippen LogP contribution in [0.5, 0.6) is 5.75 Å². The van der Waals surface area contributed by atoms with Gasteiger partial charge in [-0.1, -0.05) is 15.9 Å². The van der Waals surface area contributed by atoms with Gasteiger partial charge in [-0.05, 0) is 30.7 Å². The van der Waals surface area contributed by atoms with Gasteiger partial charge in [0.2, 0.25) is 0 Å². The summed E-state index contributed by atoms with van der Waals surface area (Å²) < 4.78 is 5.09. The lowest BCUT2D eigenvalue weighted by Gasteiger charge is -2.09. The van der Waals surface area contributed by atoms with Crippen LogP contribution in [0, 0.1) is 6.92 Å².